The van der Waals surface area contributed by atoms with Crippen LogP contribution in [0.3, 0.4) is 0 Å². The van der Waals surface area contributed by atoms with Crippen molar-refractivity contribution in [2.75, 3.05) is 6.35 Å². The first kappa shape index (κ1) is 21.9. The van der Waals surface area contributed by atoms with E-state index in [2.05, 4.69) is 32.9 Å². The van der Waals surface area contributed by atoms with Gasteiger partial charge in [-0.2, -0.15) is 0 Å². The molecule has 0 heterocycles. The highest BCUT2D eigenvalue weighted by Crippen LogP contribution is 2.43. The average Bonchev–Trinajstić information content (AvgIpc) is 2.45. The fourth-order valence-electron chi connectivity index (χ4n) is 2.36. The maximum atomic E-state index is 11.8. The molecule has 0 amide bonds. The summed E-state index contributed by atoms with van der Waals surface area (Å²) in [5.41, 5.74) is 4.74. The molecule has 0 radical (unpaired) electrons. The van der Waals surface area contributed by atoms with Gasteiger partial charge in [-0.15, -0.1) is 0 Å². The number of benzene rings is 1. The summed E-state index contributed by atoms with van der Waals surface area (Å²) < 4.78 is 22.1. The van der Waals surface area contributed by atoms with Gasteiger partial charge in [-0.3, -0.25) is 4.57 Å². The Morgan fingerprint density at radius 3 is 2.64 bits per heavy atom. The van der Waals surface area contributed by atoms with E-state index in [0.29, 0.717) is 0 Å². The molecule has 0 saturated carbocycles. The van der Waals surface area contributed by atoms with Gasteiger partial charge in [0.05, 0.1) is 12.7 Å². The highest BCUT2D eigenvalue weighted by atomic mass is 31.2. The summed E-state index contributed by atoms with van der Waals surface area (Å²) in [5.74, 6) is 0. The van der Waals surface area contributed by atoms with E-state index in [0.717, 1.165) is 24.0 Å². The van der Waals surface area contributed by atoms with Crippen LogP contribution in [0.15, 0.2) is 41.5 Å². The van der Waals surface area contributed by atoms with Crippen LogP contribution in [0.2, 0.25) is 0 Å². The Balaban J connectivity index is 2.57. The normalized spacial score (nSPS) is 14.4. The Labute approximate surface area is 152 Å². The van der Waals surface area contributed by atoms with Crippen molar-refractivity contribution in [3.05, 3.63) is 52.6 Å². The van der Waals surface area contributed by atoms with Crippen molar-refractivity contribution in [2.45, 2.75) is 60.2 Å². The average molecular weight is 366 g/mol. The molecule has 0 spiro atoms. The zero-order valence-corrected chi connectivity index (χ0v) is 16.9. The lowest BCUT2D eigenvalue weighted by atomic mass is 10.1. The molecule has 0 fully saturated rings. The Morgan fingerprint density at radius 2 is 2.00 bits per heavy atom. The van der Waals surface area contributed by atoms with Gasteiger partial charge in [0.2, 0.25) is 0 Å². The molecule has 25 heavy (non-hydrogen) atoms. The van der Waals surface area contributed by atoms with E-state index in [1.54, 1.807) is 13.8 Å². The number of hydrogen-bond donors (Lipinski definition) is 1. The first-order chi connectivity index (χ1) is 11.7. The van der Waals surface area contributed by atoms with Crippen LogP contribution in [0.4, 0.5) is 0 Å². The van der Waals surface area contributed by atoms with Gasteiger partial charge in [0.1, 0.15) is 6.35 Å². The molecular weight excluding hydrogens is 335 g/mol. The van der Waals surface area contributed by atoms with Gasteiger partial charge >= 0.3 is 7.60 Å². The summed E-state index contributed by atoms with van der Waals surface area (Å²) in [6, 6.07) is 8.00. The van der Waals surface area contributed by atoms with Gasteiger partial charge in [0, 0.05) is 0 Å². The summed E-state index contributed by atoms with van der Waals surface area (Å²) in [6.07, 6.45) is 5.89. The van der Waals surface area contributed by atoms with Gasteiger partial charge < -0.3 is 14.2 Å². The first-order valence-corrected chi connectivity index (χ1v) is 10.4. The summed E-state index contributed by atoms with van der Waals surface area (Å²) >= 11 is 0. The highest BCUT2D eigenvalue weighted by molar-refractivity contribution is 7.52. The van der Waals surface area contributed by atoms with Crippen LogP contribution in [-0.4, -0.2) is 17.3 Å². The van der Waals surface area contributed by atoms with Gasteiger partial charge in [0.25, 0.3) is 0 Å². The SMILES string of the molecule is CC(C)=CCC/C(C)=C/c1cccc(COCP(=O)(O)OC(C)C)c1. The summed E-state index contributed by atoms with van der Waals surface area (Å²) in [5, 5.41) is 0. The minimum atomic E-state index is -3.68. The van der Waals surface area contributed by atoms with E-state index < -0.39 is 7.60 Å². The summed E-state index contributed by atoms with van der Waals surface area (Å²) in [6.45, 7) is 10.1. The van der Waals surface area contributed by atoms with Gasteiger partial charge in [-0.05, 0) is 64.7 Å². The van der Waals surface area contributed by atoms with Gasteiger partial charge in [-0.1, -0.05) is 41.5 Å². The zero-order valence-electron chi connectivity index (χ0n) is 16.0. The van der Waals surface area contributed by atoms with Crippen LogP contribution < -0.4 is 0 Å². The van der Waals surface area contributed by atoms with Crippen LogP contribution in [0.1, 0.15) is 58.6 Å². The van der Waals surface area contributed by atoms with E-state index in [1.165, 1.54) is 11.1 Å². The summed E-state index contributed by atoms with van der Waals surface area (Å²) in [4.78, 5) is 9.65. The molecular formula is C20H31O4P. The Morgan fingerprint density at radius 1 is 1.28 bits per heavy atom. The number of allylic oxidation sites excluding steroid dienone is 3. The monoisotopic (exact) mass is 366 g/mol. The maximum Gasteiger partial charge on any atom is 0.353 e. The van der Waals surface area contributed by atoms with Gasteiger partial charge in [-0.25, -0.2) is 0 Å². The molecule has 0 bridgehead atoms. The van der Waals surface area contributed by atoms with E-state index in [1.807, 2.05) is 24.3 Å². The molecule has 0 aromatic heterocycles. The summed E-state index contributed by atoms with van der Waals surface area (Å²) in [7, 11) is -3.68. The quantitative estimate of drug-likeness (QED) is 0.412. The van der Waals surface area contributed by atoms with Crippen molar-refractivity contribution < 1.29 is 18.7 Å². The van der Waals surface area contributed by atoms with Crippen molar-refractivity contribution in [1.29, 1.82) is 0 Å². The lowest BCUT2D eigenvalue weighted by molar-refractivity contribution is 0.122. The van der Waals surface area contributed by atoms with Crippen LogP contribution in [0, 0.1) is 0 Å². The second-order valence-corrected chi connectivity index (χ2v) is 8.57. The number of ether oxygens (including phenoxy) is 1. The molecule has 0 aliphatic heterocycles. The molecule has 1 aromatic carbocycles. The Hall–Kier alpha value is -1.19. The molecule has 1 unspecified atom stereocenters. The third kappa shape index (κ3) is 10.4. The molecule has 0 aliphatic carbocycles. The van der Waals surface area contributed by atoms with E-state index in [4.69, 9.17) is 9.26 Å². The van der Waals surface area contributed by atoms with E-state index in [9.17, 15) is 9.46 Å². The maximum absolute atomic E-state index is 11.8. The lowest BCUT2D eigenvalue weighted by Gasteiger charge is -2.15. The minimum Gasteiger partial charge on any atom is -0.364 e. The first-order valence-electron chi connectivity index (χ1n) is 8.65. The molecule has 5 heteroatoms. The van der Waals surface area contributed by atoms with Crippen molar-refractivity contribution in [3.8, 4) is 0 Å². The topological polar surface area (TPSA) is 55.8 Å². The number of hydrogen-bond acceptors (Lipinski definition) is 3. The predicted octanol–water partition coefficient (Wildman–Crippen LogP) is 5.92. The third-order valence-corrected chi connectivity index (χ3v) is 4.61. The molecule has 1 aromatic rings. The van der Waals surface area contributed by atoms with Crippen molar-refractivity contribution in [3.63, 3.8) is 0 Å². The minimum absolute atomic E-state index is 0.282. The standard InChI is InChI=1S/C20H31O4P/c1-16(2)8-6-9-18(5)12-19-10-7-11-20(13-19)14-23-15-25(21,22)24-17(3)4/h7-8,10-13,17H,6,9,14-15H2,1-5H3,(H,21,22)/b18-12+. The molecule has 1 atom stereocenters. The van der Waals surface area contributed by atoms with Gasteiger partial charge in [0.15, 0.2) is 0 Å². The van der Waals surface area contributed by atoms with Crippen molar-refractivity contribution >= 4 is 13.7 Å². The van der Waals surface area contributed by atoms with Crippen molar-refractivity contribution in [1.82, 2.24) is 0 Å². The van der Waals surface area contributed by atoms with Crippen LogP contribution >= 0.6 is 7.60 Å². The second kappa shape index (κ2) is 10.7. The largest absolute Gasteiger partial charge is 0.364 e. The Kier molecular flexibility index (Phi) is 9.37. The fourth-order valence-corrected chi connectivity index (χ4v) is 3.40. The molecule has 0 aliphatic rings. The Bertz CT molecular complexity index is 643. The van der Waals surface area contributed by atoms with E-state index in [-0.39, 0.29) is 19.1 Å². The highest BCUT2D eigenvalue weighted by Gasteiger charge is 2.21. The molecule has 0 saturated heterocycles. The second-order valence-electron chi connectivity index (χ2n) is 6.83. The fraction of sp³-hybridized carbons (Fsp3) is 0.500. The third-order valence-electron chi connectivity index (χ3n) is 3.35. The molecule has 1 N–H and O–H groups in total. The van der Waals surface area contributed by atoms with Crippen molar-refractivity contribution in [2.24, 2.45) is 0 Å². The molecule has 140 valence electrons. The van der Waals surface area contributed by atoms with Crippen LogP contribution in [0.25, 0.3) is 6.08 Å². The van der Waals surface area contributed by atoms with Crippen LogP contribution in [-0.2, 0) is 20.4 Å². The predicted molar refractivity (Wildman–Crippen MR) is 104 cm³/mol. The van der Waals surface area contributed by atoms with Crippen LogP contribution in [0.5, 0.6) is 0 Å². The lowest BCUT2D eigenvalue weighted by Crippen LogP contribution is -2.05. The number of rotatable bonds is 10. The smallest absolute Gasteiger partial charge is 0.353 e. The molecule has 4 nitrogen and oxygen atoms in total. The zero-order chi connectivity index (χ0) is 18.9. The van der Waals surface area contributed by atoms with E-state index >= 15 is 0 Å². The molecule has 1 rings (SSSR count).